The van der Waals surface area contributed by atoms with Crippen LogP contribution in [-0.2, 0) is 0 Å². The van der Waals surface area contributed by atoms with Crippen molar-refractivity contribution in [2.75, 3.05) is 4.90 Å². The smallest absolute Gasteiger partial charge is 0.149 e. The first-order chi connectivity index (χ1) is 12.4. The first-order valence-corrected chi connectivity index (χ1v) is 9.12. The highest BCUT2D eigenvalue weighted by molar-refractivity contribution is 5.56. The van der Waals surface area contributed by atoms with Crippen molar-refractivity contribution in [1.29, 1.82) is 0 Å². The molecule has 4 rings (SSSR count). The molecule has 1 unspecified atom stereocenters. The molecule has 2 aliphatic rings. The first kappa shape index (κ1) is 17.4. The minimum atomic E-state index is -0.627. The van der Waals surface area contributed by atoms with Crippen LogP contribution in [0.5, 0.6) is 0 Å². The monoisotopic (exact) mass is 363 g/mol. The van der Waals surface area contributed by atoms with Crippen LogP contribution in [0.2, 0.25) is 0 Å². The van der Waals surface area contributed by atoms with E-state index in [1.807, 2.05) is 6.92 Å². The van der Waals surface area contributed by atoms with Crippen molar-refractivity contribution >= 4 is 5.69 Å². The largest absolute Gasteiger partial charge is 0.358 e. The number of hydrogen-bond acceptors (Lipinski definition) is 1. The minimum absolute atomic E-state index is 0.0329. The Hall–Kier alpha value is -2.04. The summed E-state index contributed by atoms with van der Waals surface area (Å²) in [4.78, 5) is 1.78. The Morgan fingerprint density at radius 2 is 1.35 bits per heavy atom. The third kappa shape index (κ3) is 2.51. The van der Waals surface area contributed by atoms with Crippen molar-refractivity contribution in [3.05, 3.63) is 65.2 Å². The Morgan fingerprint density at radius 1 is 0.846 bits per heavy atom. The first-order valence-electron chi connectivity index (χ1n) is 9.12. The van der Waals surface area contributed by atoms with Gasteiger partial charge in [-0.05, 0) is 50.5 Å². The summed E-state index contributed by atoms with van der Waals surface area (Å²) in [6.07, 6.45) is 3.95. The maximum Gasteiger partial charge on any atom is 0.149 e. The van der Waals surface area contributed by atoms with E-state index in [1.165, 1.54) is 36.4 Å². The Morgan fingerprint density at radius 3 is 1.88 bits per heavy atom. The third-order valence-corrected chi connectivity index (χ3v) is 6.18. The van der Waals surface area contributed by atoms with E-state index in [1.54, 1.807) is 4.90 Å². The predicted molar refractivity (Wildman–Crippen MR) is 93.2 cm³/mol. The van der Waals surface area contributed by atoms with Crippen molar-refractivity contribution in [3.8, 4) is 0 Å². The summed E-state index contributed by atoms with van der Waals surface area (Å²) in [5, 5.41) is 0. The summed E-state index contributed by atoms with van der Waals surface area (Å²) in [5.74, 6) is -2.89. The molecular weight excluding hydrogens is 342 g/mol. The average Bonchev–Trinajstić information content (AvgIpc) is 3.15. The Balaban J connectivity index is 1.86. The number of halogens is 4. The Bertz CT molecular complexity index is 788. The van der Waals surface area contributed by atoms with E-state index in [4.69, 9.17) is 0 Å². The number of nitrogens with zero attached hydrogens (tertiary/aromatic N) is 1. The summed E-state index contributed by atoms with van der Waals surface area (Å²) in [5.41, 5.74) is -0.492. The molecule has 0 aromatic heterocycles. The Kier molecular flexibility index (Phi) is 4.20. The van der Waals surface area contributed by atoms with Gasteiger partial charge in [0.25, 0.3) is 0 Å². The molecule has 1 heterocycles. The molecule has 1 nitrogen and oxygen atoms in total. The van der Waals surface area contributed by atoms with Crippen molar-refractivity contribution < 1.29 is 17.6 Å². The molecule has 1 aliphatic carbocycles. The molecular formula is C21H21F4N. The van der Waals surface area contributed by atoms with Crippen LogP contribution in [0, 0.1) is 23.3 Å². The normalized spacial score (nSPS) is 24.6. The molecule has 2 fully saturated rings. The van der Waals surface area contributed by atoms with Gasteiger partial charge >= 0.3 is 0 Å². The fraction of sp³-hybridized carbons (Fsp3) is 0.429. The molecule has 2 atom stereocenters. The highest BCUT2D eigenvalue weighted by Crippen LogP contribution is 2.54. The molecule has 138 valence electrons. The fourth-order valence-electron chi connectivity index (χ4n) is 5.14. The average molecular weight is 363 g/mol. The third-order valence-electron chi connectivity index (χ3n) is 6.18. The van der Waals surface area contributed by atoms with E-state index in [-0.39, 0.29) is 11.3 Å². The standard InChI is InChI=1S/C21H21F4N/c1-13-14(19-15(22)6-4-7-16(19)23)12-21(10-2-3-11-21)26(13)20-17(24)8-5-9-18(20)25/h4-9,13-14H,2-3,10-12H2,1H3/t13-,14?/m0/s1. The second kappa shape index (κ2) is 6.29. The van der Waals surface area contributed by atoms with Gasteiger partial charge in [0, 0.05) is 23.1 Å². The van der Waals surface area contributed by atoms with Gasteiger partial charge < -0.3 is 4.90 Å². The van der Waals surface area contributed by atoms with Gasteiger partial charge in [-0.3, -0.25) is 0 Å². The lowest BCUT2D eigenvalue weighted by Gasteiger charge is -2.40. The van der Waals surface area contributed by atoms with Crippen LogP contribution in [0.1, 0.15) is 50.5 Å². The van der Waals surface area contributed by atoms with Gasteiger partial charge in [-0.25, -0.2) is 17.6 Å². The van der Waals surface area contributed by atoms with E-state index in [2.05, 4.69) is 0 Å². The minimum Gasteiger partial charge on any atom is -0.358 e. The lowest BCUT2D eigenvalue weighted by atomic mass is 9.85. The van der Waals surface area contributed by atoms with Crippen molar-refractivity contribution in [2.24, 2.45) is 0 Å². The van der Waals surface area contributed by atoms with E-state index < -0.39 is 40.8 Å². The number of hydrogen-bond donors (Lipinski definition) is 0. The molecule has 0 amide bonds. The molecule has 0 bridgehead atoms. The fourth-order valence-corrected chi connectivity index (χ4v) is 5.14. The Labute approximate surface area is 150 Å². The van der Waals surface area contributed by atoms with E-state index in [0.717, 1.165) is 25.7 Å². The number of anilines is 1. The molecule has 1 saturated heterocycles. The number of rotatable bonds is 2. The highest BCUT2D eigenvalue weighted by atomic mass is 19.1. The molecule has 0 N–H and O–H groups in total. The molecule has 2 aromatic rings. The van der Waals surface area contributed by atoms with Crippen LogP contribution >= 0.6 is 0 Å². The topological polar surface area (TPSA) is 3.24 Å². The van der Waals surface area contributed by atoms with E-state index >= 15 is 0 Å². The van der Waals surface area contributed by atoms with Crippen molar-refractivity contribution in [3.63, 3.8) is 0 Å². The van der Waals surface area contributed by atoms with Crippen LogP contribution in [0.3, 0.4) is 0 Å². The lowest BCUT2D eigenvalue weighted by Crippen LogP contribution is -2.46. The van der Waals surface area contributed by atoms with Crippen LogP contribution in [-0.4, -0.2) is 11.6 Å². The zero-order chi connectivity index (χ0) is 18.5. The lowest BCUT2D eigenvalue weighted by molar-refractivity contribution is 0.413. The van der Waals surface area contributed by atoms with Crippen molar-refractivity contribution in [1.82, 2.24) is 0 Å². The maximum absolute atomic E-state index is 14.6. The van der Waals surface area contributed by atoms with Crippen LogP contribution < -0.4 is 4.90 Å². The second-order valence-corrected chi connectivity index (χ2v) is 7.56. The summed E-state index contributed by atoms with van der Waals surface area (Å²) in [7, 11) is 0. The van der Waals surface area contributed by atoms with Gasteiger partial charge in [0.1, 0.15) is 29.0 Å². The van der Waals surface area contributed by atoms with Crippen LogP contribution in [0.15, 0.2) is 36.4 Å². The summed E-state index contributed by atoms with van der Waals surface area (Å²) >= 11 is 0. The molecule has 1 aliphatic heterocycles. The molecule has 1 saturated carbocycles. The number of para-hydroxylation sites is 1. The van der Waals surface area contributed by atoms with Crippen LogP contribution in [0.4, 0.5) is 23.2 Å². The van der Waals surface area contributed by atoms with E-state index in [9.17, 15) is 17.6 Å². The van der Waals surface area contributed by atoms with Gasteiger partial charge in [-0.15, -0.1) is 0 Å². The quantitative estimate of drug-likeness (QED) is 0.597. The highest BCUT2D eigenvalue weighted by Gasteiger charge is 2.53. The van der Waals surface area contributed by atoms with Gasteiger partial charge in [0.2, 0.25) is 0 Å². The molecule has 26 heavy (non-hydrogen) atoms. The summed E-state index contributed by atoms with van der Waals surface area (Å²) in [6, 6.07) is 7.25. The van der Waals surface area contributed by atoms with Gasteiger partial charge in [-0.2, -0.15) is 0 Å². The zero-order valence-electron chi connectivity index (χ0n) is 14.6. The SMILES string of the molecule is C[C@H]1C(c2c(F)cccc2F)CC2(CCCC2)N1c1c(F)cccc1F. The van der Waals surface area contributed by atoms with Gasteiger partial charge in [0.15, 0.2) is 0 Å². The second-order valence-electron chi connectivity index (χ2n) is 7.56. The molecule has 1 spiro atoms. The summed E-state index contributed by atoms with van der Waals surface area (Å²) < 4.78 is 58.0. The summed E-state index contributed by atoms with van der Waals surface area (Å²) in [6.45, 7) is 1.81. The zero-order valence-corrected chi connectivity index (χ0v) is 14.6. The van der Waals surface area contributed by atoms with Crippen LogP contribution in [0.25, 0.3) is 0 Å². The predicted octanol–water partition coefficient (Wildman–Crippen LogP) is 5.94. The van der Waals surface area contributed by atoms with Gasteiger partial charge in [0.05, 0.1) is 0 Å². The molecule has 0 radical (unpaired) electrons. The molecule has 2 aromatic carbocycles. The maximum atomic E-state index is 14.6. The number of benzene rings is 2. The van der Waals surface area contributed by atoms with E-state index in [0.29, 0.717) is 6.42 Å². The van der Waals surface area contributed by atoms with Gasteiger partial charge in [-0.1, -0.05) is 25.0 Å². The molecule has 5 heteroatoms. The van der Waals surface area contributed by atoms with Crippen molar-refractivity contribution in [2.45, 2.75) is 56.5 Å².